The van der Waals surface area contributed by atoms with Gasteiger partial charge in [0.25, 0.3) is 0 Å². The van der Waals surface area contributed by atoms with Gasteiger partial charge >= 0.3 is 5.97 Å². The standard InChI is InChI=1S/C20H19FN2O3/c21-16-10-5-4-9-15(16)18-13-17(14-7-2-1-3-8-14)22-23(18)19(24)11-6-12-20(25)26/h1-5,7-10,13,18,22H,6,11-12H2,(H,25,26)/t18-/m0/s1. The van der Waals surface area contributed by atoms with Crippen LogP contribution in [0, 0.1) is 5.82 Å². The lowest BCUT2D eigenvalue weighted by atomic mass is 10.0. The summed E-state index contributed by atoms with van der Waals surface area (Å²) in [4.78, 5) is 23.3. The molecule has 26 heavy (non-hydrogen) atoms. The first-order chi connectivity index (χ1) is 12.6. The van der Waals surface area contributed by atoms with Crippen molar-refractivity contribution in [2.24, 2.45) is 0 Å². The van der Waals surface area contributed by atoms with Gasteiger partial charge in [0.1, 0.15) is 11.9 Å². The van der Waals surface area contributed by atoms with Crippen molar-refractivity contribution in [1.82, 2.24) is 10.4 Å². The zero-order valence-corrected chi connectivity index (χ0v) is 14.1. The fourth-order valence-corrected chi connectivity index (χ4v) is 2.92. The lowest BCUT2D eigenvalue weighted by molar-refractivity contribution is -0.137. The van der Waals surface area contributed by atoms with E-state index in [1.807, 2.05) is 36.4 Å². The first-order valence-corrected chi connectivity index (χ1v) is 8.38. The molecule has 0 aromatic heterocycles. The number of rotatable bonds is 6. The third kappa shape index (κ3) is 3.91. The van der Waals surface area contributed by atoms with E-state index in [4.69, 9.17) is 5.11 Å². The molecule has 5 nitrogen and oxygen atoms in total. The summed E-state index contributed by atoms with van der Waals surface area (Å²) in [6, 6.07) is 15.2. The number of aliphatic carboxylic acids is 1. The van der Waals surface area contributed by atoms with E-state index >= 15 is 0 Å². The first kappa shape index (κ1) is 17.7. The minimum atomic E-state index is -0.944. The van der Waals surface area contributed by atoms with E-state index in [0.29, 0.717) is 11.3 Å². The van der Waals surface area contributed by atoms with Crippen LogP contribution in [-0.2, 0) is 9.59 Å². The van der Waals surface area contributed by atoms with Gasteiger partial charge in [-0.15, -0.1) is 0 Å². The number of hydrogen-bond acceptors (Lipinski definition) is 3. The number of amides is 1. The molecule has 6 heteroatoms. The Hall–Kier alpha value is -3.15. The number of nitrogens with one attached hydrogen (secondary N) is 1. The van der Waals surface area contributed by atoms with Crippen molar-refractivity contribution < 1.29 is 19.1 Å². The number of carboxylic acid groups (broad SMARTS) is 1. The number of carbonyl (C=O) groups is 2. The largest absolute Gasteiger partial charge is 0.481 e. The third-order valence-corrected chi connectivity index (χ3v) is 4.20. The van der Waals surface area contributed by atoms with Gasteiger partial charge < -0.3 is 5.11 Å². The van der Waals surface area contributed by atoms with Crippen LogP contribution < -0.4 is 5.43 Å². The van der Waals surface area contributed by atoms with E-state index in [1.54, 1.807) is 18.2 Å². The maximum absolute atomic E-state index is 14.3. The van der Waals surface area contributed by atoms with Crippen molar-refractivity contribution in [3.63, 3.8) is 0 Å². The molecule has 0 spiro atoms. The van der Waals surface area contributed by atoms with Crippen LogP contribution in [0.3, 0.4) is 0 Å². The molecule has 2 aromatic rings. The second-order valence-electron chi connectivity index (χ2n) is 6.04. The first-order valence-electron chi connectivity index (χ1n) is 8.38. The average molecular weight is 354 g/mol. The van der Waals surface area contributed by atoms with Crippen molar-refractivity contribution in [1.29, 1.82) is 0 Å². The van der Waals surface area contributed by atoms with Crippen LogP contribution in [0.4, 0.5) is 4.39 Å². The molecule has 2 aromatic carbocycles. The molecule has 3 rings (SSSR count). The topological polar surface area (TPSA) is 69.6 Å². The lowest BCUT2D eigenvalue weighted by Crippen LogP contribution is -2.39. The van der Waals surface area contributed by atoms with Crippen molar-refractivity contribution in [3.8, 4) is 0 Å². The Morgan fingerprint density at radius 3 is 2.42 bits per heavy atom. The number of benzene rings is 2. The van der Waals surface area contributed by atoms with Gasteiger partial charge in [0.2, 0.25) is 5.91 Å². The zero-order valence-electron chi connectivity index (χ0n) is 14.1. The number of hydrogen-bond donors (Lipinski definition) is 2. The maximum Gasteiger partial charge on any atom is 0.303 e. The summed E-state index contributed by atoms with van der Waals surface area (Å²) < 4.78 is 14.3. The monoisotopic (exact) mass is 354 g/mol. The Balaban J connectivity index is 1.86. The molecule has 0 radical (unpaired) electrons. The van der Waals surface area contributed by atoms with Gasteiger partial charge in [-0.05, 0) is 24.1 Å². The van der Waals surface area contributed by atoms with Crippen LogP contribution in [0.15, 0.2) is 60.7 Å². The Morgan fingerprint density at radius 2 is 1.73 bits per heavy atom. The van der Waals surface area contributed by atoms with Gasteiger partial charge in [-0.25, -0.2) is 9.40 Å². The molecule has 2 N–H and O–H groups in total. The number of halogens is 1. The second kappa shape index (κ2) is 7.82. The minimum Gasteiger partial charge on any atom is -0.481 e. The second-order valence-corrected chi connectivity index (χ2v) is 6.04. The van der Waals surface area contributed by atoms with Crippen LogP contribution >= 0.6 is 0 Å². The van der Waals surface area contributed by atoms with Crippen LogP contribution in [0.25, 0.3) is 5.70 Å². The fraction of sp³-hybridized carbons (Fsp3) is 0.200. The van der Waals surface area contributed by atoms with E-state index in [1.165, 1.54) is 11.1 Å². The van der Waals surface area contributed by atoms with Crippen LogP contribution in [-0.4, -0.2) is 22.0 Å². The summed E-state index contributed by atoms with van der Waals surface area (Å²) in [5.41, 5.74) is 5.04. The van der Waals surface area contributed by atoms with Crippen LogP contribution in [0.5, 0.6) is 0 Å². The van der Waals surface area contributed by atoms with E-state index in [-0.39, 0.29) is 25.2 Å². The molecule has 0 saturated heterocycles. The van der Waals surface area contributed by atoms with Gasteiger partial charge in [-0.1, -0.05) is 48.5 Å². The Labute approximate surface area is 150 Å². The van der Waals surface area contributed by atoms with Crippen molar-refractivity contribution in [3.05, 3.63) is 77.6 Å². The van der Waals surface area contributed by atoms with Crippen molar-refractivity contribution in [2.75, 3.05) is 0 Å². The molecule has 0 saturated carbocycles. The van der Waals surface area contributed by atoms with Crippen molar-refractivity contribution >= 4 is 17.6 Å². The van der Waals surface area contributed by atoms with Crippen molar-refractivity contribution in [2.45, 2.75) is 25.3 Å². The zero-order chi connectivity index (χ0) is 18.5. The summed E-state index contributed by atoms with van der Waals surface area (Å²) in [6.45, 7) is 0. The highest BCUT2D eigenvalue weighted by atomic mass is 19.1. The van der Waals surface area contributed by atoms with Crippen LogP contribution in [0.1, 0.15) is 36.4 Å². The molecule has 0 aliphatic carbocycles. The highest BCUT2D eigenvalue weighted by Crippen LogP contribution is 2.33. The normalized spacial score (nSPS) is 16.1. The molecule has 1 atom stereocenters. The quantitative estimate of drug-likeness (QED) is 0.833. The Bertz CT molecular complexity index is 836. The minimum absolute atomic E-state index is 0.0696. The molecule has 0 fully saturated rings. The van der Waals surface area contributed by atoms with Crippen LogP contribution in [0.2, 0.25) is 0 Å². The van der Waals surface area contributed by atoms with Gasteiger partial charge in [0.15, 0.2) is 0 Å². The Morgan fingerprint density at radius 1 is 1.04 bits per heavy atom. The van der Waals surface area contributed by atoms with Gasteiger partial charge in [-0.2, -0.15) is 0 Å². The van der Waals surface area contributed by atoms with Gasteiger partial charge in [0.05, 0.1) is 5.70 Å². The molecule has 134 valence electrons. The summed E-state index contributed by atoms with van der Waals surface area (Å²) >= 11 is 0. The third-order valence-electron chi connectivity index (χ3n) is 4.20. The fourth-order valence-electron chi connectivity index (χ4n) is 2.92. The summed E-state index contributed by atoms with van der Waals surface area (Å²) in [6.07, 6.45) is 2.03. The summed E-state index contributed by atoms with van der Waals surface area (Å²) in [5, 5.41) is 10.1. The van der Waals surface area contributed by atoms with E-state index in [9.17, 15) is 14.0 Å². The number of carboxylic acids is 1. The highest BCUT2D eigenvalue weighted by molar-refractivity contribution is 5.81. The number of hydrazine groups is 1. The van der Waals surface area contributed by atoms with E-state index < -0.39 is 17.8 Å². The Kier molecular flexibility index (Phi) is 5.31. The maximum atomic E-state index is 14.3. The smallest absolute Gasteiger partial charge is 0.303 e. The van der Waals surface area contributed by atoms with E-state index in [0.717, 1.165) is 5.56 Å². The lowest BCUT2D eigenvalue weighted by Gasteiger charge is -2.25. The highest BCUT2D eigenvalue weighted by Gasteiger charge is 2.31. The number of nitrogens with zero attached hydrogens (tertiary/aromatic N) is 1. The summed E-state index contributed by atoms with van der Waals surface area (Å²) in [7, 11) is 0. The SMILES string of the molecule is O=C(O)CCCC(=O)N1NC(c2ccccc2)=C[C@H]1c1ccccc1F. The molecule has 1 amide bonds. The molecular weight excluding hydrogens is 335 g/mol. The number of carbonyl (C=O) groups excluding carboxylic acids is 1. The van der Waals surface area contributed by atoms with Gasteiger partial charge in [0, 0.05) is 18.4 Å². The molecular formula is C20H19FN2O3. The van der Waals surface area contributed by atoms with E-state index in [2.05, 4.69) is 5.43 Å². The molecule has 1 aliphatic rings. The summed E-state index contributed by atoms with van der Waals surface area (Å²) in [5.74, 6) is -1.61. The molecule has 0 bridgehead atoms. The average Bonchev–Trinajstić information content (AvgIpc) is 3.08. The molecule has 1 aliphatic heterocycles. The predicted octanol–water partition coefficient (Wildman–Crippen LogP) is 3.51. The molecule has 1 heterocycles. The van der Waals surface area contributed by atoms with Gasteiger partial charge in [-0.3, -0.25) is 15.0 Å². The predicted molar refractivity (Wildman–Crippen MR) is 95.0 cm³/mol. The molecule has 0 unspecified atom stereocenters.